The molecule has 0 saturated heterocycles. The van der Waals surface area contributed by atoms with E-state index in [-0.39, 0.29) is 5.54 Å². The van der Waals surface area contributed by atoms with Gasteiger partial charge in [0.2, 0.25) is 5.13 Å². The van der Waals surface area contributed by atoms with E-state index in [1.165, 1.54) is 32.1 Å². The Hall–Kier alpha value is -0.160. The fraction of sp³-hybridized carbons (Fsp3) is 0.778. The molecule has 0 unspecified atom stereocenters. The number of nitrogens with one attached hydrogen (secondary N) is 1. The topological polar surface area (TPSA) is 37.8 Å². The lowest BCUT2D eigenvalue weighted by Gasteiger charge is -2.34. The normalized spacial score (nSPS) is 20.7. The molecule has 0 aromatic carbocycles. The highest BCUT2D eigenvalue weighted by Gasteiger charge is 2.27. The summed E-state index contributed by atoms with van der Waals surface area (Å²) in [5.41, 5.74) is 0.233. The Kier molecular flexibility index (Phi) is 3.07. The summed E-state index contributed by atoms with van der Waals surface area (Å²) in [6.45, 7) is 2.28. The van der Waals surface area contributed by atoms with Crippen molar-refractivity contribution in [3.05, 3.63) is 3.92 Å². The van der Waals surface area contributed by atoms with E-state index in [4.69, 9.17) is 0 Å². The standard InChI is InChI=1S/C9H14BrN3S/c1-9(5-3-2-4-6-9)11-8-13-12-7(10)14-8/h2-6H2,1H3,(H,11,13). The summed E-state index contributed by atoms with van der Waals surface area (Å²) < 4.78 is 0.847. The Labute approximate surface area is 96.4 Å². The van der Waals surface area contributed by atoms with Gasteiger partial charge in [-0.3, -0.25) is 0 Å². The number of nitrogens with zero attached hydrogens (tertiary/aromatic N) is 2. The Balaban J connectivity index is 2.01. The molecular formula is C9H14BrN3S. The first kappa shape index (κ1) is 10.4. The van der Waals surface area contributed by atoms with Gasteiger partial charge in [0.05, 0.1) is 0 Å². The van der Waals surface area contributed by atoms with Crippen LogP contribution in [0.15, 0.2) is 3.92 Å². The summed E-state index contributed by atoms with van der Waals surface area (Å²) in [5, 5.41) is 12.4. The summed E-state index contributed by atoms with van der Waals surface area (Å²) in [5.74, 6) is 0. The highest BCUT2D eigenvalue weighted by Crippen LogP contribution is 2.32. The minimum absolute atomic E-state index is 0.233. The third kappa shape index (κ3) is 2.45. The van der Waals surface area contributed by atoms with Crippen LogP contribution >= 0.6 is 27.3 Å². The molecule has 0 aliphatic heterocycles. The monoisotopic (exact) mass is 275 g/mol. The van der Waals surface area contributed by atoms with E-state index in [0.29, 0.717) is 0 Å². The Morgan fingerprint density at radius 1 is 1.29 bits per heavy atom. The van der Waals surface area contributed by atoms with Crippen LogP contribution in [-0.4, -0.2) is 15.7 Å². The molecule has 1 aromatic rings. The number of hydrogen-bond donors (Lipinski definition) is 1. The zero-order valence-electron chi connectivity index (χ0n) is 8.22. The van der Waals surface area contributed by atoms with E-state index in [2.05, 4.69) is 38.4 Å². The zero-order chi connectivity index (χ0) is 10.0. The molecule has 1 fully saturated rings. The second kappa shape index (κ2) is 4.14. The molecule has 1 aliphatic carbocycles. The van der Waals surface area contributed by atoms with Crippen LogP contribution in [0.1, 0.15) is 39.0 Å². The molecule has 78 valence electrons. The van der Waals surface area contributed by atoms with Crippen LogP contribution in [0.4, 0.5) is 5.13 Å². The molecule has 1 aliphatic rings. The summed E-state index contributed by atoms with van der Waals surface area (Å²) >= 11 is 4.88. The van der Waals surface area contributed by atoms with Gasteiger partial charge in [-0.1, -0.05) is 30.6 Å². The molecular weight excluding hydrogens is 262 g/mol. The highest BCUT2D eigenvalue weighted by atomic mass is 79.9. The molecule has 1 heterocycles. The Bertz CT molecular complexity index is 307. The molecule has 0 bridgehead atoms. The van der Waals surface area contributed by atoms with Gasteiger partial charge in [-0.05, 0) is 35.7 Å². The van der Waals surface area contributed by atoms with E-state index < -0.39 is 0 Å². The maximum atomic E-state index is 4.07. The van der Waals surface area contributed by atoms with Gasteiger partial charge in [-0.25, -0.2) is 0 Å². The van der Waals surface area contributed by atoms with Crippen molar-refractivity contribution in [1.82, 2.24) is 10.2 Å². The van der Waals surface area contributed by atoms with Crippen molar-refractivity contribution in [2.45, 2.75) is 44.6 Å². The second-order valence-electron chi connectivity index (χ2n) is 4.11. The quantitative estimate of drug-likeness (QED) is 0.899. The van der Waals surface area contributed by atoms with Gasteiger partial charge in [0.25, 0.3) is 0 Å². The maximum Gasteiger partial charge on any atom is 0.206 e. The van der Waals surface area contributed by atoms with E-state index in [1.54, 1.807) is 11.3 Å². The van der Waals surface area contributed by atoms with Gasteiger partial charge >= 0.3 is 0 Å². The zero-order valence-corrected chi connectivity index (χ0v) is 10.6. The third-order valence-corrected chi connectivity index (χ3v) is 4.04. The van der Waals surface area contributed by atoms with Crippen molar-refractivity contribution in [1.29, 1.82) is 0 Å². The fourth-order valence-corrected chi connectivity index (χ4v) is 3.13. The molecule has 0 radical (unpaired) electrons. The van der Waals surface area contributed by atoms with Gasteiger partial charge in [-0.15, -0.1) is 10.2 Å². The number of aromatic nitrogens is 2. The first-order valence-corrected chi connectivity index (χ1v) is 6.56. The van der Waals surface area contributed by atoms with Crippen molar-refractivity contribution in [3.8, 4) is 0 Å². The lowest BCUT2D eigenvalue weighted by Crippen LogP contribution is -2.36. The molecule has 1 saturated carbocycles. The van der Waals surface area contributed by atoms with Crippen molar-refractivity contribution in [2.75, 3.05) is 5.32 Å². The minimum Gasteiger partial charge on any atom is -0.355 e. The smallest absolute Gasteiger partial charge is 0.206 e. The summed E-state index contributed by atoms with van der Waals surface area (Å²) in [6, 6.07) is 0. The maximum absolute atomic E-state index is 4.07. The number of anilines is 1. The molecule has 14 heavy (non-hydrogen) atoms. The van der Waals surface area contributed by atoms with Crippen LogP contribution in [0.2, 0.25) is 0 Å². The molecule has 0 amide bonds. The Morgan fingerprint density at radius 3 is 2.57 bits per heavy atom. The first-order valence-electron chi connectivity index (χ1n) is 4.95. The second-order valence-corrected chi connectivity index (χ2v) is 6.36. The van der Waals surface area contributed by atoms with Crippen LogP contribution < -0.4 is 5.32 Å². The highest BCUT2D eigenvalue weighted by molar-refractivity contribution is 9.11. The fourth-order valence-electron chi connectivity index (χ4n) is 1.97. The molecule has 0 atom stereocenters. The van der Waals surface area contributed by atoms with Crippen molar-refractivity contribution < 1.29 is 0 Å². The van der Waals surface area contributed by atoms with Gasteiger partial charge < -0.3 is 5.32 Å². The summed E-state index contributed by atoms with van der Waals surface area (Å²) in [7, 11) is 0. The van der Waals surface area contributed by atoms with Gasteiger partial charge in [0.15, 0.2) is 3.92 Å². The van der Waals surface area contributed by atoms with Gasteiger partial charge in [0, 0.05) is 5.54 Å². The van der Waals surface area contributed by atoms with E-state index in [0.717, 1.165) is 9.05 Å². The molecule has 3 nitrogen and oxygen atoms in total. The van der Waals surface area contributed by atoms with E-state index in [1.807, 2.05) is 0 Å². The number of halogens is 1. The Morgan fingerprint density at radius 2 is 2.00 bits per heavy atom. The number of hydrogen-bond acceptors (Lipinski definition) is 4. The molecule has 0 spiro atoms. The third-order valence-electron chi connectivity index (χ3n) is 2.77. The van der Waals surface area contributed by atoms with Crippen LogP contribution in [0.5, 0.6) is 0 Å². The summed E-state index contributed by atoms with van der Waals surface area (Å²) in [6.07, 6.45) is 6.50. The van der Waals surface area contributed by atoms with E-state index in [9.17, 15) is 0 Å². The van der Waals surface area contributed by atoms with Crippen molar-refractivity contribution in [3.63, 3.8) is 0 Å². The number of rotatable bonds is 2. The van der Waals surface area contributed by atoms with Crippen LogP contribution in [0.3, 0.4) is 0 Å². The lowest BCUT2D eigenvalue weighted by atomic mass is 9.83. The SMILES string of the molecule is CC1(Nc2nnc(Br)s2)CCCCC1. The van der Waals surface area contributed by atoms with E-state index >= 15 is 0 Å². The lowest BCUT2D eigenvalue weighted by molar-refractivity contribution is 0.349. The van der Waals surface area contributed by atoms with Crippen molar-refractivity contribution >= 4 is 32.4 Å². The largest absolute Gasteiger partial charge is 0.355 e. The van der Waals surface area contributed by atoms with Gasteiger partial charge in [-0.2, -0.15) is 0 Å². The first-order chi connectivity index (χ1) is 6.68. The van der Waals surface area contributed by atoms with Crippen LogP contribution in [0, 0.1) is 0 Å². The molecule has 1 N–H and O–H groups in total. The average molecular weight is 276 g/mol. The molecule has 5 heteroatoms. The molecule has 1 aromatic heterocycles. The summed E-state index contributed by atoms with van der Waals surface area (Å²) in [4.78, 5) is 0. The predicted molar refractivity (Wildman–Crippen MR) is 62.7 cm³/mol. The van der Waals surface area contributed by atoms with Crippen LogP contribution in [-0.2, 0) is 0 Å². The van der Waals surface area contributed by atoms with Crippen molar-refractivity contribution in [2.24, 2.45) is 0 Å². The van der Waals surface area contributed by atoms with Gasteiger partial charge in [0.1, 0.15) is 0 Å². The van der Waals surface area contributed by atoms with Crippen LogP contribution in [0.25, 0.3) is 0 Å². The minimum atomic E-state index is 0.233. The average Bonchev–Trinajstić information content (AvgIpc) is 2.51. The predicted octanol–water partition coefficient (Wildman–Crippen LogP) is 3.44. The molecule has 2 rings (SSSR count).